The SMILES string of the molecule is CCn1c(C)c(C(=O)N2CCCC(C(N)=O)C2)c2cc(OC)ccc21. The molecule has 0 aliphatic carbocycles. The number of primary amides is 1. The van der Waals surface area contributed by atoms with E-state index in [0.29, 0.717) is 18.7 Å². The zero-order chi connectivity index (χ0) is 18.1. The van der Waals surface area contributed by atoms with E-state index in [1.165, 1.54) is 0 Å². The van der Waals surface area contributed by atoms with Crippen LogP contribution in [-0.2, 0) is 11.3 Å². The van der Waals surface area contributed by atoms with Crippen molar-refractivity contribution >= 4 is 22.7 Å². The van der Waals surface area contributed by atoms with E-state index in [9.17, 15) is 9.59 Å². The third-order valence-electron chi connectivity index (χ3n) is 5.17. The summed E-state index contributed by atoms with van der Waals surface area (Å²) < 4.78 is 7.47. The minimum Gasteiger partial charge on any atom is -0.497 e. The monoisotopic (exact) mass is 343 g/mol. The minimum absolute atomic E-state index is 0.0334. The molecule has 25 heavy (non-hydrogen) atoms. The number of likely N-dealkylation sites (tertiary alicyclic amines) is 1. The summed E-state index contributed by atoms with van der Waals surface area (Å²) in [6, 6.07) is 5.81. The van der Waals surface area contributed by atoms with E-state index in [1.807, 2.05) is 25.1 Å². The van der Waals surface area contributed by atoms with Crippen molar-refractivity contribution in [1.82, 2.24) is 9.47 Å². The molecule has 0 saturated carbocycles. The van der Waals surface area contributed by atoms with Crippen molar-refractivity contribution in [3.05, 3.63) is 29.5 Å². The molecule has 3 rings (SSSR count). The number of ether oxygens (including phenoxy) is 1. The van der Waals surface area contributed by atoms with Gasteiger partial charge in [0.1, 0.15) is 5.75 Å². The summed E-state index contributed by atoms with van der Waals surface area (Å²) in [4.78, 5) is 26.6. The van der Waals surface area contributed by atoms with Crippen LogP contribution in [0, 0.1) is 12.8 Å². The molecule has 2 N–H and O–H groups in total. The number of benzene rings is 1. The highest BCUT2D eigenvalue weighted by atomic mass is 16.5. The molecule has 1 unspecified atom stereocenters. The number of amides is 2. The Bertz CT molecular complexity index is 825. The number of aromatic nitrogens is 1. The van der Waals surface area contributed by atoms with Crippen LogP contribution in [0.15, 0.2) is 18.2 Å². The molecule has 2 heterocycles. The van der Waals surface area contributed by atoms with Crippen LogP contribution in [0.1, 0.15) is 35.8 Å². The lowest BCUT2D eigenvalue weighted by molar-refractivity contribution is -0.123. The summed E-state index contributed by atoms with van der Waals surface area (Å²) in [5.41, 5.74) is 8.11. The Morgan fingerprint density at radius 1 is 1.36 bits per heavy atom. The molecule has 0 bridgehead atoms. The standard InChI is InChI=1S/C19H25N3O3/c1-4-22-12(2)17(15-10-14(25-3)7-8-16(15)22)19(24)21-9-5-6-13(11-21)18(20)23/h7-8,10,13H,4-6,9,11H2,1-3H3,(H2,20,23). The third kappa shape index (κ3) is 2.97. The molecule has 1 atom stereocenters. The molecule has 134 valence electrons. The van der Waals surface area contributed by atoms with Gasteiger partial charge in [0.2, 0.25) is 5.91 Å². The fraction of sp³-hybridized carbons (Fsp3) is 0.474. The quantitative estimate of drug-likeness (QED) is 0.925. The first kappa shape index (κ1) is 17.3. The Hall–Kier alpha value is -2.50. The van der Waals surface area contributed by atoms with Crippen LogP contribution in [0.5, 0.6) is 5.75 Å². The van der Waals surface area contributed by atoms with E-state index < -0.39 is 0 Å². The Balaban J connectivity index is 2.06. The minimum atomic E-state index is -0.327. The Kier molecular flexibility index (Phi) is 4.70. The number of nitrogens with two attached hydrogens (primary N) is 1. The second-order valence-electron chi connectivity index (χ2n) is 6.58. The van der Waals surface area contributed by atoms with Crippen LogP contribution in [-0.4, -0.2) is 41.5 Å². The lowest BCUT2D eigenvalue weighted by atomic mass is 9.96. The molecular weight excluding hydrogens is 318 g/mol. The van der Waals surface area contributed by atoms with Crippen molar-refractivity contribution in [1.29, 1.82) is 0 Å². The molecule has 1 aliphatic rings. The summed E-state index contributed by atoms with van der Waals surface area (Å²) >= 11 is 0. The predicted molar refractivity (Wildman–Crippen MR) is 96.7 cm³/mol. The number of carbonyl (C=O) groups is 2. The van der Waals surface area contributed by atoms with E-state index in [0.717, 1.165) is 41.7 Å². The molecule has 0 radical (unpaired) electrons. The first-order chi connectivity index (χ1) is 12.0. The van der Waals surface area contributed by atoms with Gasteiger partial charge in [-0.3, -0.25) is 9.59 Å². The van der Waals surface area contributed by atoms with Crippen molar-refractivity contribution in [3.63, 3.8) is 0 Å². The summed E-state index contributed by atoms with van der Waals surface area (Å²) in [5, 5.41) is 0.893. The number of methoxy groups -OCH3 is 1. The first-order valence-corrected chi connectivity index (χ1v) is 8.73. The van der Waals surface area contributed by atoms with Gasteiger partial charge in [-0.2, -0.15) is 0 Å². The average molecular weight is 343 g/mol. The Morgan fingerprint density at radius 3 is 2.76 bits per heavy atom. The van der Waals surface area contributed by atoms with Gasteiger partial charge in [0.15, 0.2) is 0 Å². The van der Waals surface area contributed by atoms with Gasteiger partial charge in [0.25, 0.3) is 5.91 Å². The largest absolute Gasteiger partial charge is 0.497 e. The number of hydrogen-bond donors (Lipinski definition) is 1. The maximum Gasteiger partial charge on any atom is 0.256 e. The topological polar surface area (TPSA) is 77.6 Å². The van der Waals surface area contributed by atoms with Crippen LogP contribution in [0.4, 0.5) is 0 Å². The lowest BCUT2D eigenvalue weighted by Gasteiger charge is -2.31. The highest BCUT2D eigenvalue weighted by molar-refractivity contribution is 6.09. The Labute approximate surface area is 147 Å². The molecule has 2 aromatic rings. The second-order valence-corrected chi connectivity index (χ2v) is 6.58. The molecule has 1 saturated heterocycles. The summed E-state index contributed by atoms with van der Waals surface area (Å²) in [6.45, 7) is 5.88. The fourth-order valence-electron chi connectivity index (χ4n) is 3.82. The molecular formula is C19H25N3O3. The third-order valence-corrected chi connectivity index (χ3v) is 5.17. The smallest absolute Gasteiger partial charge is 0.256 e. The molecule has 6 heteroatoms. The van der Waals surface area contributed by atoms with Crippen LogP contribution in [0.3, 0.4) is 0 Å². The van der Waals surface area contributed by atoms with Gasteiger partial charge in [-0.1, -0.05) is 0 Å². The Morgan fingerprint density at radius 2 is 2.12 bits per heavy atom. The predicted octanol–water partition coefficient (Wildman–Crippen LogP) is 2.32. The van der Waals surface area contributed by atoms with Crippen LogP contribution < -0.4 is 10.5 Å². The van der Waals surface area contributed by atoms with Gasteiger partial charge in [-0.15, -0.1) is 0 Å². The molecule has 1 aromatic heterocycles. The van der Waals surface area contributed by atoms with Crippen molar-refractivity contribution < 1.29 is 14.3 Å². The van der Waals surface area contributed by atoms with E-state index >= 15 is 0 Å². The summed E-state index contributed by atoms with van der Waals surface area (Å²) in [7, 11) is 1.62. The number of hydrogen-bond acceptors (Lipinski definition) is 3. The van der Waals surface area contributed by atoms with Gasteiger partial charge < -0.3 is 19.9 Å². The number of nitrogens with zero attached hydrogens (tertiary/aromatic N) is 2. The average Bonchev–Trinajstić information content (AvgIpc) is 2.91. The van der Waals surface area contributed by atoms with Crippen molar-refractivity contribution in [2.24, 2.45) is 11.7 Å². The number of carbonyl (C=O) groups excluding carboxylic acids is 2. The first-order valence-electron chi connectivity index (χ1n) is 8.73. The van der Waals surface area contributed by atoms with E-state index in [2.05, 4.69) is 11.5 Å². The van der Waals surface area contributed by atoms with Gasteiger partial charge in [-0.05, 0) is 44.9 Å². The number of fused-ring (bicyclic) bond motifs is 1. The van der Waals surface area contributed by atoms with Crippen LogP contribution >= 0.6 is 0 Å². The van der Waals surface area contributed by atoms with Crippen molar-refractivity contribution in [2.75, 3.05) is 20.2 Å². The van der Waals surface area contributed by atoms with Gasteiger partial charge >= 0.3 is 0 Å². The normalized spacial score (nSPS) is 17.7. The van der Waals surface area contributed by atoms with Gasteiger partial charge in [0.05, 0.1) is 18.6 Å². The highest BCUT2D eigenvalue weighted by Crippen LogP contribution is 2.31. The maximum absolute atomic E-state index is 13.3. The number of aryl methyl sites for hydroxylation is 1. The van der Waals surface area contributed by atoms with E-state index in [1.54, 1.807) is 12.0 Å². The van der Waals surface area contributed by atoms with Gasteiger partial charge in [0, 0.05) is 36.2 Å². The number of piperidine rings is 1. The molecule has 6 nitrogen and oxygen atoms in total. The zero-order valence-electron chi connectivity index (χ0n) is 15.0. The maximum atomic E-state index is 13.3. The second kappa shape index (κ2) is 6.78. The van der Waals surface area contributed by atoms with Crippen LogP contribution in [0.2, 0.25) is 0 Å². The molecule has 1 fully saturated rings. The summed E-state index contributed by atoms with van der Waals surface area (Å²) in [5.74, 6) is 0.108. The highest BCUT2D eigenvalue weighted by Gasteiger charge is 2.30. The zero-order valence-corrected chi connectivity index (χ0v) is 15.0. The van der Waals surface area contributed by atoms with Crippen molar-refractivity contribution in [2.45, 2.75) is 33.2 Å². The molecule has 1 aromatic carbocycles. The summed E-state index contributed by atoms with van der Waals surface area (Å²) in [6.07, 6.45) is 1.55. The molecule has 1 aliphatic heterocycles. The molecule has 2 amide bonds. The number of rotatable bonds is 4. The van der Waals surface area contributed by atoms with Gasteiger partial charge in [-0.25, -0.2) is 0 Å². The fourth-order valence-corrected chi connectivity index (χ4v) is 3.82. The lowest BCUT2D eigenvalue weighted by Crippen LogP contribution is -2.44. The van der Waals surface area contributed by atoms with E-state index in [4.69, 9.17) is 10.5 Å². The molecule has 0 spiro atoms. The van der Waals surface area contributed by atoms with E-state index in [-0.39, 0.29) is 17.7 Å². The van der Waals surface area contributed by atoms with Crippen LogP contribution in [0.25, 0.3) is 10.9 Å². The van der Waals surface area contributed by atoms with Crippen molar-refractivity contribution in [3.8, 4) is 5.75 Å².